The van der Waals surface area contributed by atoms with Gasteiger partial charge in [-0.3, -0.25) is 0 Å². The molecule has 3 N–H and O–H groups in total. The summed E-state index contributed by atoms with van der Waals surface area (Å²) < 4.78 is 0. The number of H-pyrrole nitrogens is 1. The average Bonchev–Trinajstić information content (AvgIpc) is 2.55. The van der Waals surface area contributed by atoms with Crippen molar-refractivity contribution in [3.63, 3.8) is 0 Å². The van der Waals surface area contributed by atoms with Crippen molar-refractivity contribution in [3.8, 4) is 0 Å². The van der Waals surface area contributed by atoms with Gasteiger partial charge in [0.05, 0.1) is 5.54 Å². The lowest BCUT2D eigenvalue weighted by molar-refractivity contribution is 0.390. The highest BCUT2D eigenvalue weighted by atomic mass is 15.0. The van der Waals surface area contributed by atoms with Gasteiger partial charge in [0.1, 0.15) is 5.82 Å². The van der Waals surface area contributed by atoms with E-state index in [1.807, 2.05) is 6.20 Å². The first-order valence-corrected chi connectivity index (χ1v) is 4.01. The van der Waals surface area contributed by atoms with Gasteiger partial charge in [-0.2, -0.15) is 0 Å². The maximum Gasteiger partial charge on any atom is 0.126 e. The Bertz CT molecular complexity index is 199. The van der Waals surface area contributed by atoms with E-state index in [0.29, 0.717) is 0 Å². The second kappa shape index (κ2) is 3.05. The van der Waals surface area contributed by atoms with E-state index in [-0.39, 0.29) is 5.54 Å². The third-order valence-corrected chi connectivity index (χ3v) is 2.23. The summed E-state index contributed by atoms with van der Waals surface area (Å²) >= 11 is 0. The van der Waals surface area contributed by atoms with Gasteiger partial charge in [0.25, 0.3) is 0 Å². The molecule has 1 aromatic rings. The van der Waals surface area contributed by atoms with Crippen molar-refractivity contribution in [2.24, 2.45) is 5.73 Å². The van der Waals surface area contributed by atoms with E-state index in [2.05, 4.69) is 23.8 Å². The molecule has 1 heterocycles. The van der Waals surface area contributed by atoms with Crippen LogP contribution in [0.15, 0.2) is 12.4 Å². The van der Waals surface area contributed by atoms with E-state index in [9.17, 15) is 0 Å². The van der Waals surface area contributed by atoms with Crippen molar-refractivity contribution in [3.05, 3.63) is 18.2 Å². The van der Waals surface area contributed by atoms with E-state index < -0.39 is 0 Å². The number of aromatic amines is 1. The summed E-state index contributed by atoms with van der Waals surface area (Å²) in [6.45, 7) is 4.15. The summed E-state index contributed by atoms with van der Waals surface area (Å²) in [7, 11) is 0. The molecule has 3 heteroatoms. The molecule has 0 aliphatic rings. The quantitative estimate of drug-likeness (QED) is 0.689. The number of hydrogen-bond acceptors (Lipinski definition) is 2. The predicted molar refractivity (Wildman–Crippen MR) is 45.0 cm³/mol. The zero-order chi connectivity index (χ0) is 8.32. The number of rotatable bonds is 3. The standard InChI is InChI=1S/C8H15N3/c1-3-8(9,4-2)7-10-5-6-11-7/h5-6H,3-4,9H2,1-2H3,(H,10,11). The Morgan fingerprint density at radius 1 is 1.55 bits per heavy atom. The SMILES string of the molecule is CCC(N)(CC)c1ncc[nH]1. The maximum absolute atomic E-state index is 6.07. The summed E-state index contributed by atoms with van der Waals surface area (Å²) in [6.07, 6.45) is 5.37. The maximum atomic E-state index is 6.07. The van der Waals surface area contributed by atoms with Crippen LogP contribution in [-0.4, -0.2) is 9.97 Å². The Hall–Kier alpha value is -0.830. The van der Waals surface area contributed by atoms with Crippen molar-refractivity contribution in [2.45, 2.75) is 32.2 Å². The van der Waals surface area contributed by atoms with E-state index in [1.165, 1.54) is 0 Å². The fraction of sp³-hybridized carbons (Fsp3) is 0.625. The molecule has 0 amide bonds. The molecular formula is C8H15N3. The molecule has 1 aromatic heterocycles. The van der Waals surface area contributed by atoms with Crippen molar-refractivity contribution >= 4 is 0 Å². The number of nitrogens with two attached hydrogens (primary N) is 1. The second-order valence-electron chi connectivity index (χ2n) is 2.80. The van der Waals surface area contributed by atoms with Crippen LogP contribution in [0.5, 0.6) is 0 Å². The number of aromatic nitrogens is 2. The number of hydrogen-bond donors (Lipinski definition) is 2. The van der Waals surface area contributed by atoms with Crippen LogP contribution in [0.25, 0.3) is 0 Å². The molecule has 0 aliphatic carbocycles. The van der Waals surface area contributed by atoms with Crippen LogP contribution in [0, 0.1) is 0 Å². The largest absolute Gasteiger partial charge is 0.347 e. The van der Waals surface area contributed by atoms with Gasteiger partial charge in [-0.25, -0.2) is 4.98 Å². The highest BCUT2D eigenvalue weighted by molar-refractivity contribution is 5.03. The smallest absolute Gasteiger partial charge is 0.126 e. The first kappa shape index (κ1) is 8.27. The Morgan fingerprint density at radius 3 is 2.55 bits per heavy atom. The van der Waals surface area contributed by atoms with E-state index in [0.717, 1.165) is 18.7 Å². The predicted octanol–water partition coefficient (Wildman–Crippen LogP) is 1.38. The minimum absolute atomic E-state index is 0.260. The van der Waals surface area contributed by atoms with Crippen LogP contribution in [0.4, 0.5) is 0 Å². The Kier molecular flexibility index (Phi) is 2.29. The van der Waals surface area contributed by atoms with E-state index >= 15 is 0 Å². The van der Waals surface area contributed by atoms with Crippen molar-refractivity contribution in [2.75, 3.05) is 0 Å². The molecule has 0 saturated heterocycles. The topological polar surface area (TPSA) is 54.7 Å². The lowest BCUT2D eigenvalue weighted by Crippen LogP contribution is -2.36. The Labute approximate surface area is 67.0 Å². The molecule has 11 heavy (non-hydrogen) atoms. The molecule has 0 atom stereocenters. The van der Waals surface area contributed by atoms with Crippen LogP contribution in [0.1, 0.15) is 32.5 Å². The summed E-state index contributed by atoms with van der Waals surface area (Å²) in [5.74, 6) is 0.891. The molecule has 0 radical (unpaired) electrons. The zero-order valence-corrected chi connectivity index (χ0v) is 7.09. The van der Waals surface area contributed by atoms with Crippen molar-refractivity contribution in [1.82, 2.24) is 9.97 Å². The normalized spacial score (nSPS) is 11.9. The monoisotopic (exact) mass is 153 g/mol. The lowest BCUT2D eigenvalue weighted by Gasteiger charge is -2.23. The minimum atomic E-state index is -0.260. The molecule has 0 aliphatic heterocycles. The second-order valence-corrected chi connectivity index (χ2v) is 2.80. The van der Waals surface area contributed by atoms with Crippen LogP contribution >= 0.6 is 0 Å². The first-order chi connectivity index (χ1) is 5.23. The molecule has 62 valence electrons. The first-order valence-electron chi connectivity index (χ1n) is 4.01. The molecule has 3 nitrogen and oxygen atoms in total. The van der Waals surface area contributed by atoms with Gasteiger partial charge in [-0.15, -0.1) is 0 Å². The molecule has 0 aromatic carbocycles. The van der Waals surface area contributed by atoms with E-state index in [1.54, 1.807) is 6.20 Å². The summed E-state index contributed by atoms with van der Waals surface area (Å²) in [5, 5.41) is 0. The molecule has 0 saturated carbocycles. The Balaban J connectivity index is 2.87. The molecule has 1 rings (SSSR count). The van der Waals surface area contributed by atoms with Crippen LogP contribution < -0.4 is 5.73 Å². The van der Waals surface area contributed by atoms with Crippen LogP contribution in [0.2, 0.25) is 0 Å². The highest BCUT2D eigenvalue weighted by Gasteiger charge is 2.24. The van der Waals surface area contributed by atoms with Gasteiger partial charge in [-0.1, -0.05) is 13.8 Å². The van der Waals surface area contributed by atoms with Gasteiger partial charge in [-0.05, 0) is 12.8 Å². The summed E-state index contributed by atoms with van der Waals surface area (Å²) in [5.41, 5.74) is 5.81. The Morgan fingerprint density at radius 2 is 2.18 bits per heavy atom. The molecule has 0 spiro atoms. The number of imidazole rings is 1. The lowest BCUT2D eigenvalue weighted by atomic mass is 9.94. The summed E-state index contributed by atoms with van der Waals surface area (Å²) in [6, 6.07) is 0. The van der Waals surface area contributed by atoms with Gasteiger partial charge < -0.3 is 10.7 Å². The van der Waals surface area contributed by atoms with Gasteiger partial charge >= 0.3 is 0 Å². The summed E-state index contributed by atoms with van der Waals surface area (Å²) in [4.78, 5) is 7.19. The number of nitrogens with zero attached hydrogens (tertiary/aromatic N) is 1. The fourth-order valence-electron chi connectivity index (χ4n) is 1.12. The van der Waals surface area contributed by atoms with Gasteiger partial charge in [0.2, 0.25) is 0 Å². The van der Waals surface area contributed by atoms with E-state index in [4.69, 9.17) is 5.73 Å². The van der Waals surface area contributed by atoms with Crippen LogP contribution in [0.3, 0.4) is 0 Å². The highest BCUT2D eigenvalue weighted by Crippen LogP contribution is 2.21. The van der Waals surface area contributed by atoms with Crippen molar-refractivity contribution in [1.29, 1.82) is 0 Å². The molecule has 0 unspecified atom stereocenters. The van der Waals surface area contributed by atoms with Gasteiger partial charge in [0.15, 0.2) is 0 Å². The fourth-order valence-corrected chi connectivity index (χ4v) is 1.12. The molecule has 0 fully saturated rings. The average molecular weight is 153 g/mol. The third kappa shape index (κ3) is 1.43. The zero-order valence-electron chi connectivity index (χ0n) is 7.09. The minimum Gasteiger partial charge on any atom is -0.347 e. The van der Waals surface area contributed by atoms with Crippen LogP contribution in [-0.2, 0) is 5.54 Å². The third-order valence-electron chi connectivity index (χ3n) is 2.23. The molecule has 0 bridgehead atoms. The van der Waals surface area contributed by atoms with Crippen molar-refractivity contribution < 1.29 is 0 Å². The van der Waals surface area contributed by atoms with Gasteiger partial charge in [0, 0.05) is 12.4 Å². The number of nitrogens with one attached hydrogen (secondary N) is 1. The molecular weight excluding hydrogens is 138 g/mol.